The number of thiazole rings is 1. The summed E-state index contributed by atoms with van der Waals surface area (Å²) in [7, 11) is 0. The zero-order valence-corrected chi connectivity index (χ0v) is 8.51. The maximum atomic E-state index is 10.6. The molecule has 0 bridgehead atoms. The molecule has 1 fully saturated rings. The van der Waals surface area contributed by atoms with E-state index in [1.165, 1.54) is 11.3 Å². The number of carboxylic acid groups (broad SMARTS) is 1. The SMILES string of the molecule is O=C(O)c1nc(C2CCCNC2)cs1. The Morgan fingerprint density at radius 1 is 1.71 bits per heavy atom. The fraction of sp³-hybridized carbons (Fsp3) is 0.556. The third kappa shape index (κ3) is 1.93. The van der Waals surface area contributed by atoms with Gasteiger partial charge >= 0.3 is 5.97 Å². The Kier molecular flexibility index (Phi) is 2.79. The first-order chi connectivity index (χ1) is 6.77. The highest BCUT2D eigenvalue weighted by Gasteiger charge is 2.19. The largest absolute Gasteiger partial charge is 0.476 e. The minimum absolute atomic E-state index is 0.200. The van der Waals surface area contributed by atoms with Crippen molar-refractivity contribution in [2.24, 2.45) is 0 Å². The van der Waals surface area contributed by atoms with E-state index in [0.29, 0.717) is 5.92 Å². The average molecular weight is 212 g/mol. The Bertz CT molecular complexity index is 331. The maximum absolute atomic E-state index is 10.6. The van der Waals surface area contributed by atoms with E-state index in [1.54, 1.807) is 0 Å². The van der Waals surface area contributed by atoms with Crippen LogP contribution in [0, 0.1) is 0 Å². The van der Waals surface area contributed by atoms with Crippen LogP contribution in [0.3, 0.4) is 0 Å². The van der Waals surface area contributed by atoms with E-state index < -0.39 is 5.97 Å². The standard InChI is InChI=1S/C9H12N2O2S/c12-9(13)8-11-7(5-14-8)6-2-1-3-10-4-6/h5-6,10H,1-4H2,(H,12,13). The number of hydrogen-bond donors (Lipinski definition) is 2. The van der Waals surface area contributed by atoms with Crippen molar-refractivity contribution < 1.29 is 9.90 Å². The lowest BCUT2D eigenvalue weighted by Crippen LogP contribution is -2.28. The first-order valence-electron chi connectivity index (χ1n) is 4.67. The van der Waals surface area contributed by atoms with Gasteiger partial charge in [-0.1, -0.05) is 0 Å². The molecule has 1 aromatic heterocycles. The second-order valence-electron chi connectivity index (χ2n) is 3.43. The van der Waals surface area contributed by atoms with Crippen molar-refractivity contribution >= 4 is 17.3 Å². The predicted molar refractivity (Wildman–Crippen MR) is 53.9 cm³/mol. The molecular weight excluding hydrogens is 200 g/mol. The molecule has 1 aromatic rings. The van der Waals surface area contributed by atoms with Crippen LogP contribution in [0.25, 0.3) is 0 Å². The molecule has 0 saturated carbocycles. The molecule has 76 valence electrons. The molecule has 0 aliphatic carbocycles. The molecule has 0 spiro atoms. The van der Waals surface area contributed by atoms with Gasteiger partial charge in [0.2, 0.25) is 5.01 Å². The van der Waals surface area contributed by atoms with Crippen molar-refractivity contribution in [1.29, 1.82) is 0 Å². The van der Waals surface area contributed by atoms with E-state index in [4.69, 9.17) is 5.11 Å². The minimum Gasteiger partial charge on any atom is -0.476 e. The normalized spacial score (nSPS) is 22.1. The number of nitrogens with one attached hydrogen (secondary N) is 1. The number of aromatic nitrogens is 1. The van der Waals surface area contributed by atoms with Gasteiger partial charge in [-0.05, 0) is 19.4 Å². The van der Waals surface area contributed by atoms with Crippen molar-refractivity contribution in [1.82, 2.24) is 10.3 Å². The molecule has 14 heavy (non-hydrogen) atoms. The Balaban J connectivity index is 2.11. The lowest BCUT2D eigenvalue weighted by molar-refractivity contribution is 0.0696. The van der Waals surface area contributed by atoms with Crippen LogP contribution in [0.2, 0.25) is 0 Å². The van der Waals surface area contributed by atoms with Crippen LogP contribution in [0.4, 0.5) is 0 Å². The number of aromatic carboxylic acids is 1. The number of hydrogen-bond acceptors (Lipinski definition) is 4. The highest BCUT2D eigenvalue weighted by Crippen LogP contribution is 2.24. The zero-order chi connectivity index (χ0) is 9.97. The lowest BCUT2D eigenvalue weighted by atomic mass is 9.97. The topological polar surface area (TPSA) is 62.2 Å². The van der Waals surface area contributed by atoms with Gasteiger partial charge in [-0.2, -0.15) is 0 Å². The summed E-state index contributed by atoms with van der Waals surface area (Å²) in [5, 5.41) is 14.1. The molecule has 1 saturated heterocycles. The molecule has 1 atom stereocenters. The molecule has 5 heteroatoms. The average Bonchev–Trinajstić information content (AvgIpc) is 2.68. The molecular formula is C9H12N2O2S. The highest BCUT2D eigenvalue weighted by atomic mass is 32.1. The van der Waals surface area contributed by atoms with Crippen LogP contribution in [-0.2, 0) is 0 Å². The zero-order valence-electron chi connectivity index (χ0n) is 7.69. The minimum atomic E-state index is -0.926. The number of carboxylic acids is 1. The van der Waals surface area contributed by atoms with Gasteiger partial charge < -0.3 is 10.4 Å². The van der Waals surface area contributed by atoms with Gasteiger partial charge in [0.1, 0.15) is 0 Å². The summed E-state index contributed by atoms with van der Waals surface area (Å²) in [5.41, 5.74) is 0.930. The van der Waals surface area contributed by atoms with Crippen LogP contribution in [0.5, 0.6) is 0 Å². The van der Waals surface area contributed by atoms with E-state index >= 15 is 0 Å². The third-order valence-electron chi connectivity index (χ3n) is 2.42. The van der Waals surface area contributed by atoms with Crippen LogP contribution < -0.4 is 5.32 Å². The number of rotatable bonds is 2. The highest BCUT2D eigenvalue weighted by molar-refractivity contribution is 7.11. The van der Waals surface area contributed by atoms with Crippen LogP contribution in [0.15, 0.2) is 5.38 Å². The van der Waals surface area contributed by atoms with E-state index in [-0.39, 0.29) is 5.01 Å². The van der Waals surface area contributed by atoms with Crippen molar-refractivity contribution in [2.75, 3.05) is 13.1 Å². The number of piperidine rings is 1. The second kappa shape index (κ2) is 4.06. The number of carbonyl (C=O) groups is 1. The van der Waals surface area contributed by atoms with Crippen LogP contribution in [-0.4, -0.2) is 29.1 Å². The summed E-state index contributed by atoms with van der Waals surface area (Å²) < 4.78 is 0. The van der Waals surface area contributed by atoms with Crippen LogP contribution >= 0.6 is 11.3 Å². The molecule has 2 N–H and O–H groups in total. The third-order valence-corrected chi connectivity index (χ3v) is 3.27. The summed E-state index contributed by atoms with van der Waals surface area (Å²) in [6.45, 7) is 1.98. The van der Waals surface area contributed by atoms with Gasteiger partial charge in [0.05, 0.1) is 5.69 Å². The van der Waals surface area contributed by atoms with Crippen LogP contribution in [0.1, 0.15) is 34.3 Å². The van der Waals surface area contributed by atoms with Crippen molar-refractivity contribution in [3.8, 4) is 0 Å². The summed E-state index contributed by atoms with van der Waals surface area (Å²) >= 11 is 1.21. The smallest absolute Gasteiger partial charge is 0.365 e. The first-order valence-corrected chi connectivity index (χ1v) is 5.55. The maximum Gasteiger partial charge on any atom is 0.365 e. The van der Waals surface area contributed by atoms with E-state index in [2.05, 4.69) is 10.3 Å². The van der Waals surface area contributed by atoms with Crippen molar-refractivity contribution in [3.05, 3.63) is 16.1 Å². The molecule has 0 radical (unpaired) electrons. The number of nitrogens with zero attached hydrogens (tertiary/aromatic N) is 1. The van der Waals surface area contributed by atoms with Crippen molar-refractivity contribution in [3.63, 3.8) is 0 Å². The first kappa shape index (κ1) is 9.61. The molecule has 2 heterocycles. The summed E-state index contributed by atoms with van der Waals surface area (Å²) in [4.78, 5) is 14.7. The van der Waals surface area contributed by atoms with Gasteiger partial charge in [-0.15, -0.1) is 11.3 Å². The van der Waals surface area contributed by atoms with Crippen molar-refractivity contribution in [2.45, 2.75) is 18.8 Å². The lowest BCUT2D eigenvalue weighted by Gasteiger charge is -2.20. The predicted octanol–water partition coefficient (Wildman–Crippen LogP) is 1.31. The quantitative estimate of drug-likeness (QED) is 0.776. The fourth-order valence-corrected chi connectivity index (χ4v) is 2.41. The van der Waals surface area contributed by atoms with E-state index in [0.717, 1.165) is 31.6 Å². The molecule has 4 nitrogen and oxygen atoms in total. The second-order valence-corrected chi connectivity index (χ2v) is 4.28. The monoisotopic (exact) mass is 212 g/mol. The fourth-order valence-electron chi connectivity index (χ4n) is 1.68. The summed E-state index contributed by atoms with van der Waals surface area (Å²) in [5.74, 6) is -0.530. The van der Waals surface area contributed by atoms with E-state index in [9.17, 15) is 4.79 Å². The summed E-state index contributed by atoms with van der Waals surface area (Å²) in [6, 6.07) is 0. The Morgan fingerprint density at radius 2 is 2.57 bits per heavy atom. The van der Waals surface area contributed by atoms with Gasteiger partial charge in [-0.25, -0.2) is 9.78 Å². The Morgan fingerprint density at radius 3 is 3.14 bits per heavy atom. The van der Waals surface area contributed by atoms with Gasteiger partial charge in [-0.3, -0.25) is 0 Å². The van der Waals surface area contributed by atoms with E-state index in [1.807, 2.05) is 5.38 Å². The molecule has 0 aromatic carbocycles. The van der Waals surface area contributed by atoms with Gasteiger partial charge in [0, 0.05) is 17.8 Å². The molecule has 1 unspecified atom stereocenters. The molecule has 1 aliphatic rings. The van der Waals surface area contributed by atoms with Gasteiger partial charge in [0.25, 0.3) is 0 Å². The van der Waals surface area contributed by atoms with Gasteiger partial charge in [0.15, 0.2) is 0 Å². The Labute approximate surface area is 86.0 Å². The summed E-state index contributed by atoms with van der Waals surface area (Å²) in [6.07, 6.45) is 2.25. The molecule has 0 amide bonds. The Hall–Kier alpha value is -0.940. The molecule has 2 rings (SSSR count). The molecule has 1 aliphatic heterocycles.